The van der Waals surface area contributed by atoms with E-state index in [-0.39, 0.29) is 24.8 Å². The highest BCUT2D eigenvalue weighted by Gasteiger charge is 2.11. The summed E-state index contributed by atoms with van der Waals surface area (Å²) in [5, 5.41) is 11.9. The number of carbonyl (C=O) groups excluding carboxylic acids is 2. The quantitative estimate of drug-likeness (QED) is 0.792. The van der Waals surface area contributed by atoms with E-state index >= 15 is 0 Å². The number of rotatable bonds is 6. The van der Waals surface area contributed by atoms with Gasteiger partial charge in [0, 0.05) is 32.1 Å². The molecule has 1 aromatic carbocycles. The molecule has 104 valence electrons. The Morgan fingerprint density at radius 3 is 2.53 bits per heavy atom. The minimum absolute atomic E-state index is 0.103. The second-order valence-electron chi connectivity index (χ2n) is 4.50. The summed E-state index contributed by atoms with van der Waals surface area (Å²) in [6.45, 7) is 2.21. The maximum atomic E-state index is 11.7. The number of nitrogens with one attached hydrogen (secondary N) is 1. The third kappa shape index (κ3) is 5.52. The summed E-state index contributed by atoms with van der Waals surface area (Å²) < 4.78 is 0. The Kier molecular flexibility index (Phi) is 6.02. The third-order valence-corrected chi connectivity index (χ3v) is 2.62. The monoisotopic (exact) mass is 264 g/mol. The minimum Gasteiger partial charge on any atom is -0.392 e. The SMILES string of the molecule is CC(O)CN(C)C(=O)CCNC(=O)c1ccccc1. The van der Waals surface area contributed by atoms with Crippen molar-refractivity contribution < 1.29 is 14.7 Å². The number of hydrogen-bond acceptors (Lipinski definition) is 3. The van der Waals surface area contributed by atoms with Crippen molar-refractivity contribution in [3.05, 3.63) is 35.9 Å². The predicted molar refractivity (Wildman–Crippen MR) is 72.7 cm³/mol. The van der Waals surface area contributed by atoms with Crippen molar-refractivity contribution in [2.45, 2.75) is 19.4 Å². The zero-order chi connectivity index (χ0) is 14.3. The maximum Gasteiger partial charge on any atom is 0.251 e. The van der Waals surface area contributed by atoms with E-state index in [4.69, 9.17) is 0 Å². The minimum atomic E-state index is -0.548. The lowest BCUT2D eigenvalue weighted by Crippen LogP contribution is -2.35. The lowest BCUT2D eigenvalue weighted by atomic mass is 10.2. The first-order valence-corrected chi connectivity index (χ1v) is 6.26. The van der Waals surface area contributed by atoms with Gasteiger partial charge >= 0.3 is 0 Å². The molecule has 1 atom stereocenters. The van der Waals surface area contributed by atoms with E-state index in [1.165, 1.54) is 4.90 Å². The van der Waals surface area contributed by atoms with E-state index in [1.54, 1.807) is 38.2 Å². The normalized spacial score (nSPS) is 11.7. The van der Waals surface area contributed by atoms with E-state index in [2.05, 4.69) is 5.32 Å². The van der Waals surface area contributed by atoms with Crippen molar-refractivity contribution in [1.29, 1.82) is 0 Å². The predicted octanol–water partition coefficient (Wildman–Crippen LogP) is 0.646. The van der Waals surface area contributed by atoms with Crippen LogP contribution in [-0.2, 0) is 4.79 Å². The zero-order valence-corrected chi connectivity index (χ0v) is 11.3. The molecule has 0 spiro atoms. The van der Waals surface area contributed by atoms with Gasteiger partial charge in [0.25, 0.3) is 5.91 Å². The summed E-state index contributed by atoms with van der Waals surface area (Å²) in [5.41, 5.74) is 0.576. The Hall–Kier alpha value is -1.88. The second kappa shape index (κ2) is 7.53. The van der Waals surface area contributed by atoms with Crippen LogP contribution in [0.2, 0.25) is 0 Å². The van der Waals surface area contributed by atoms with Crippen LogP contribution in [0, 0.1) is 0 Å². The van der Waals surface area contributed by atoms with E-state index in [0.29, 0.717) is 12.1 Å². The lowest BCUT2D eigenvalue weighted by molar-refractivity contribution is -0.130. The van der Waals surface area contributed by atoms with Crippen molar-refractivity contribution in [2.75, 3.05) is 20.1 Å². The molecule has 1 rings (SSSR count). The summed E-state index contributed by atoms with van der Waals surface area (Å²) >= 11 is 0. The van der Waals surface area contributed by atoms with Crippen molar-refractivity contribution in [1.82, 2.24) is 10.2 Å². The number of benzene rings is 1. The van der Waals surface area contributed by atoms with Gasteiger partial charge in [-0.1, -0.05) is 18.2 Å². The van der Waals surface area contributed by atoms with Gasteiger partial charge in [-0.2, -0.15) is 0 Å². The van der Waals surface area contributed by atoms with E-state index in [9.17, 15) is 14.7 Å². The third-order valence-electron chi connectivity index (χ3n) is 2.62. The molecule has 1 unspecified atom stereocenters. The van der Waals surface area contributed by atoms with Gasteiger partial charge in [-0.25, -0.2) is 0 Å². The van der Waals surface area contributed by atoms with Crippen LogP contribution >= 0.6 is 0 Å². The molecular formula is C14H20N2O3. The highest BCUT2D eigenvalue weighted by Crippen LogP contribution is 1.98. The fourth-order valence-electron chi connectivity index (χ4n) is 1.66. The van der Waals surface area contributed by atoms with Gasteiger partial charge < -0.3 is 15.3 Å². The molecule has 0 saturated carbocycles. The Labute approximate surface area is 113 Å². The van der Waals surface area contributed by atoms with Crippen LogP contribution in [-0.4, -0.2) is 48.1 Å². The molecule has 2 amide bonds. The second-order valence-corrected chi connectivity index (χ2v) is 4.50. The Morgan fingerprint density at radius 1 is 1.32 bits per heavy atom. The molecule has 0 aliphatic carbocycles. The van der Waals surface area contributed by atoms with Crippen LogP contribution in [0.1, 0.15) is 23.7 Å². The average Bonchev–Trinajstić information content (AvgIpc) is 2.38. The maximum absolute atomic E-state index is 11.7. The summed E-state index contributed by atoms with van der Waals surface area (Å²) in [4.78, 5) is 24.8. The summed E-state index contributed by atoms with van der Waals surface area (Å²) in [5.74, 6) is -0.291. The van der Waals surface area contributed by atoms with Crippen molar-refractivity contribution in [3.63, 3.8) is 0 Å². The molecule has 1 aromatic rings. The van der Waals surface area contributed by atoms with Crippen LogP contribution < -0.4 is 5.32 Å². The van der Waals surface area contributed by atoms with Gasteiger partial charge in [0.15, 0.2) is 0 Å². The molecule has 5 heteroatoms. The van der Waals surface area contributed by atoms with Crippen LogP contribution in [0.15, 0.2) is 30.3 Å². The van der Waals surface area contributed by atoms with Crippen LogP contribution in [0.5, 0.6) is 0 Å². The van der Waals surface area contributed by atoms with Gasteiger partial charge in [-0.15, -0.1) is 0 Å². The smallest absolute Gasteiger partial charge is 0.251 e. The van der Waals surface area contributed by atoms with Crippen LogP contribution in [0.4, 0.5) is 0 Å². The Balaban J connectivity index is 2.31. The highest BCUT2D eigenvalue weighted by molar-refractivity contribution is 5.94. The molecule has 2 N–H and O–H groups in total. The molecule has 0 saturated heterocycles. The fraction of sp³-hybridized carbons (Fsp3) is 0.429. The number of likely N-dealkylation sites (N-methyl/N-ethyl adjacent to an activating group) is 1. The molecule has 0 bridgehead atoms. The van der Waals surface area contributed by atoms with Gasteiger partial charge in [0.05, 0.1) is 6.10 Å². The van der Waals surface area contributed by atoms with Crippen molar-refractivity contribution >= 4 is 11.8 Å². The first kappa shape index (κ1) is 15.2. The number of nitrogens with zero attached hydrogens (tertiary/aromatic N) is 1. The summed E-state index contributed by atoms with van der Waals surface area (Å²) in [6.07, 6.45) is -0.324. The lowest BCUT2D eigenvalue weighted by Gasteiger charge is -2.18. The van der Waals surface area contributed by atoms with Gasteiger partial charge in [0.2, 0.25) is 5.91 Å². The molecule has 0 aliphatic rings. The molecule has 19 heavy (non-hydrogen) atoms. The number of hydrogen-bond donors (Lipinski definition) is 2. The topological polar surface area (TPSA) is 69.6 Å². The van der Waals surface area contributed by atoms with Gasteiger partial charge in [-0.3, -0.25) is 9.59 Å². The first-order valence-electron chi connectivity index (χ1n) is 6.26. The molecule has 0 fully saturated rings. The number of aliphatic hydroxyl groups excluding tert-OH is 1. The van der Waals surface area contributed by atoms with E-state index in [1.807, 2.05) is 6.07 Å². The van der Waals surface area contributed by atoms with Gasteiger partial charge in [0.1, 0.15) is 0 Å². The van der Waals surface area contributed by atoms with Crippen LogP contribution in [0.3, 0.4) is 0 Å². The zero-order valence-electron chi connectivity index (χ0n) is 11.3. The fourth-order valence-corrected chi connectivity index (χ4v) is 1.66. The number of amides is 2. The van der Waals surface area contributed by atoms with E-state index < -0.39 is 6.10 Å². The molecule has 0 aliphatic heterocycles. The highest BCUT2D eigenvalue weighted by atomic mass is 16.3. The summed E-state index contributed by atoms with van der Waals surface area (Å²) in [7, 11) is 1.63. The van der Waals surface area contributed by atoms with Gasteiger partial charge in [-0.05, 0) is 19.1 Å². The average molecular weight is 264 g/mol. The largest absolute Gasteiger partial charge is 0.392 e. The molecule has 5 nitrogen and oxygen atoms in total. The molecule has 0 aromatic heterocycles. The molecular weight excluding hydrogens is 244 g/mol. The molecule has 0 heterocycles. The molecule has 0 radical (unpaired) electrons. The Morgan fingerprint density at radius 2 is 1.95 bits per heavy atom. The first-order chi connectivity index (χ1) is 9.00. The summed E-state index contributed by atoms with van der Waals surface area (Å²) in [6, 6.07) is 8.85. The standard InChI is InChI=1S/C14H20N2O3/c1-11(17)10-16(2)13(18)8-9-15-14(19)12-6-4-3-5-7-12/h3-7,11,17H,8-10H2,1-2H3,(H,15,19). The number of aliphatic hydroxyl groups is 1. The van der Waals surface area contributed by atoms with Crippen molar-refractivity contribution in [2.24, 2.45) is 0 Å². The van der Waals surface area contributed by atoms with E-state index in [0.717, 1.165) is 0 Å². The Bertz CT molecular complexity index is 418. The van der Waals surface area contributed by atoms with Crippen molar-refractivity contribution in [3.8, 4) is 0 Å². The number of carbonyl (C=O) groups is 2. The van der Waals surface area contributed by atoms with Crippen LogP contribution in [0.25, 0.3) is 0 Å².